The van der Waals surface area contributed by atoms with Gasteiger partial charge in [-0.1, -0.05) is 57.2 Å². The molecule has 0 aliphatic carbocycles. The lowest BCUT2D eigenvalue weighted by molar-refractivity contribution is 0.592. The number of halogens is 1. The molecule has 7 heteroatoms. The number of hydrogen-bond donors (Lipinski definition) is 2. The van der Waals surface area contributed by atoms with Crippen LogP contribution in [-0.2, 0) is 6.54 Å². The molecule has 0 radical (unpaired) electrons. The average molecular weight is 540 g/mol. The van der Waals surface area contributed by atoms with Crippen LogP contribution in [0.5, 0.6) is 0 Å². The zero-order valence-corrected chi connectivity index (χ0v) is 20.9. The highest BCUT2D eigenvalue weighted by atomic mass is 127. The Morgan fingerprint density at radius 1 is 1.19 bits per heavy atom. The summed E-state index contributed by atoms with van der Waals surface area (Å²) < 4.78 is 4.51. The van der Waals surface area contributed by atoms with Crippen molar-refractivity contribution in [3.63, 3.8) is 0 Å². The van der Waals surface area contributed by atoms with Crippen molar-refractivity contribution >= 4 is 46.3 Å². The molecule has 3 rings (SSSR count). The van der Waals surface area contributed by atoms with Crippen LogP contribution in [0.3, 0.4) is 0 Å². The van der Waals surface area contributed by atoms with E-state index in [1.54, 1.807) is 6.20 Å². The van der Waals surface area contributed by atoms with Crippen LogP contribution < -0.4 is 10.6 Å². The van der Waals surface area contributed by atoms with Crippen LogP contribution in [0.2, 0.25) is 0 Å². The third-order valence-corrected chi connectivity index (χ3v) is 5.75. The van der Waals surface area contributed by atoms with Crippen molar-refractivity contribution in [1.29, 1.82) is 0 Å². The summed E-state index contributed by atoms with van der Waals surface area (Å²) in [5, 5.41) is 6.88. The standard InChI is InChI=1S/C25H29IN6/c1-5-17(3)15-28-22-14-18(4)30-25(31-22)23(32-26)21-12-9-13-27-24(21)29-16-20-11-8-7-10-19(20)6-2/h6-14,17H,2,5,15-16H2,1,3-4H3,(H,27,29)(H,28,30,31)/b32-23+. The molecule has 0 aliphatic heterocycles. The van der Waals surface area contributed by atoms with E-state index in [9.17, 15) is 0 Å². The maximum absolute atomic E-state index is 4.75. The van der Waals surface area contributed by atoms with Crippen LogP contribution in [0, 0.1) is 12.8 Å². The molecular formula is C25H29IN6. The average Bonchev–Trinajstić information content (AvgIpc) is 2.82. The minimum atomic E-state index is 0.569. The van der Waals surface area contributed by atoms with Gasteiger partial charge in [-0.05, 0) is 36.1 Å². The number of hydrogen-bond acceptors (Lipinski definition) is 6. The molecule has 32 heavy (non-hydrogen) atoms. The lowest BCUT2D eigenvalue weighted by Gasteiger charge is -2.15. The van der Waals surface area contributed by atoms with Crippen LogP contribution in [0.15, 0.2) is 58.4 Å². The number of aromatic nitrogens is 3. The summed E-state index contributed by atoms with van der Waals surface area (Å²) in [6, 6.07) is 14.0. The first-order chi connectivity index (χ1) is 15.5. The van der Waals surface area contributed by atoms with Gasteiger partial charge in [0, 0.05) is 36.6 Å². The van der Waals surface area contributed by atoms with E-state index in [0.29, 0.717) is 24.0 Å². The van der Waals surface area contributed by atoms with Gasteiger partial charge in [0.2, 0.25) is 0 Å². The molecule has 1 atom stereocenters. The molecule has 0 saturated carbocycles. The van der Waals surface area contributed by atoms with Crippen molar-refractivity contribution in [2.24, 2.45) is 9.12 Å². The maximum atomic E-state index is 4.75. The van der Waals surface area contributed by atoms with Gasteiger partial charge >= 0.3 is 0 Å². The van der Waals surface area contributed by atoms with Gasteiger partial charge in [-0.25, -0.2) is 18.2 Å². The summed E-state index contributed by atoms with van der Waals surface area (Å²) >= 11 is 2.00. The first-order valence-electron chi connectivity index (χ1n) is 10.7. The summed E-state index contributed by atoms with van der Waals surface area (Å²) in [4.78, 5) is 14.0. The molecule has 0 spiro atoms. The topological polar surface area (TPSA) is 75.1 Å². The van der Waals surface area contributed by atoms with E-state index in [1.165, 1.54) is 0 Å². The fraction of sp³-hybridized carbons (Fsp3) is 0.280. The molecule has 0 bridgehead atoms. The predicted octanol–water partition coefficient (Wildman–Crippen LogP) is 6.08. The quantitative estimate of drug-likeness (QED) is 0.241. The van der Waals surface area contributed by atoms with Crippen molar-refractivity contribution in [2.75, 3.05) is 17.2 Å². The first-order valence-corrected chi connectivity index (χ1v) is 11.7. The summed E-state index contributed by atoms with van der Waals surface area (Å²) in [5.74, 6) is 2.69. The van der Waals surface area contributed by atoms with Crippen molar-refractivity contribution < 1.29 is 0 Å². The smallest absolute Gasteiger partial charge is 0.181 e. The van der Waals surface area contributed by atoms with Gasteiger partial charge in [0.15, 0.2) is 5.82 Å². The van der Waals surface area contributed by atoms with Crippen LogP contribution in [0.1, 0.15) is 48.5 Å². The Balaban J connectivity index is 1.88. The maximum Gasteiger partial charge on any atom is 0.181 e. The minimum Gasteiger partial charge on any atom is -0.370 e. The molecule has 0 fully saturated rings. The van der Waals surface area contributed by atoms with Crippen molar-refractivity contribution in [1.82, 2.24) is 15.0 Å². The van der Waals surface area contributed by atoms with Gasteiger partial charge in [-0.15, -0.1) is 0 Å². The van der Waals surface area contributed by atoms with E-state index in [4.69, 9.17) is 4.98 Å². The summed E-state index contributed by atoms with van der Waals surface area (Å²) in [7, 11) is 0. The number of nitrogens with one attached hydrogen (secondary N) is 2. The fourth-order valence-corrected chi connectivity index (χ4v) is 3.68. The second-order valence-electron chi connectivity index (χ2n) is 7.70. The highest BCUT2D eigenvalue weighted by molar-refractivity contribution is 14.1. The Morgan fingerprint density at radius 2 is 2.00 bits per heavy atom. The van der Waals surface area contributed by atoms with E-state index in [0.717, 1.165) is 47.0 Å². The Hall–Kier alpha value is -2.81. The van der Waals surface area contributed by atoms with Crippen molar-refractivity contribution in [3.05, 3.63) is 83.4 Å². The second kappa shape index (κ2) is 11.7. The first kappa shape index (κ1) is 23.8. The zero-order valence-electron chi connectivity index (χ0n) is 18.8. The van der Waals surface area contributed by atoms with E-state index in [-0.39, 0.29) is 0 Å². The number of anilines is 2. The summed E-state index contributed by atoms with van der Waals surface area (Å²) in [6.45, 7) is 11.8. The monoisotopic (exact) mass is 540 g/mol. The van der Waals surface area contributed by atoms with Crippen LogP contribution >= 0.6 is 22.9 Å². The van der Waals surface area contributed by atoms with Crippen LogP contribution in [0.25, 0.3) is 6.08 Å². The van der Waals surface area contributed by atoms with E-state index >= 15 is 0 Å². The number of benzene rings is 1. The third kappa shape index (κ3) is 6.12. The van der Waals surface area contributed by atoms with Crippen molar-refractivity contribution in [3.8, 4) is 0 Å². The Labute approximate surface area is 204 Å². The summed E-state index contributed by atoms with van der Waals surface area (Å²) in [5.41, 5.74) is 4.68. The molecule has 1 aromatic carbocycles. The third-order valence-electron chi connectivity index (χ3n) is 5.26. The molecule has 166 valence electrons. The van der Waals surface area contributed by atoms with Gasteiger partial charge in [-0.3, -0.25) is 0 Å². The van der Waals surface area contributed by atoms with Crippen LogP contribution in [0.4, 0.5) is 11.6 Å². The lowest BCUT2D eigenvalue weighted by atomic mass is 10.1. The lowest BCUT2D eigenvalue weighted by Crippen LogP contribution is -2.16. The molecule has 2 N–H and O–H groups in total. The highest BCUT2D eigenvalue weighted by Gasteiger charge is 2.17. The van der Waals surface area contributed by atoms with Gasteiger partial charge in [0.25, 0.3) is 0 Å². The number of pyridine rings is 1. The Bertz CT molecular complexity index is 1100. The zero-order chi connectivity index (χ0) is 22.9. The van der Waals surface area contributed by atoms with Crippen molar-refractivity contribution in [2.45, 2.75) is 33.7 Å². The molecule has 0 amide bonds. The van der Waals surface area contributed by atoms with Gasteiger partial charge in [0.05, 0.1) is 22.9 Å². The summed E-state index contributed by atoms with van der Waals surface area (Å²) in [6.07, 6.45) is 4.75. The minimum absolute atomic E-state index is 0.569. The number of rotatable bonds is 10. The van der Waals surface area contributed by atoms with Gasteiger partial charge in [0.1, 0.15) is 17.3 Å². The van der Waals surface area contributed by atoms with E-state index in [1.807, 2.05) is 66.2 Å². The SMILES string of the molecule is C=Cc1ccccc1CNc1ncccc1/C(=N\I)c1nc(C)cc(NCC(C)CC)n1. The molecule has 0 saturated heterocycles. The normalized spacial score (nSPS) is 12.3. The van der Waals surface area contributed by atoms with E-state index in [2.05, 4.69) is 56.4 Å². The second-order valence-corrected chi connectivity index (χ2v) is 8.18. The molecule has 2 aromatic heterocycles. The highest BCUT2D eigenvalue weighted by Crippen LogP contribution is 2.21. The number of aryl methyl sites for hydroxylation is 1. The molecule has 1 unspecified atom stereocenters. The fourth-order valence-electron chi connectivity index (χ4n) is 3.20. The Morgan fingerprint density at radius 3 is 2.75 bits per heavy atom. The van der Waals surface area contributed by atoms with E-state index < -0.39 is 0 Å². The van der Waals surface area contributed by atoms with Crippen LogP contribution in [-0.4, -0.2) is 27.2 Å². The van der Waals surface area contributed by atoms with Gasteiger partial charge in [-0.2, -0.15) is 0 Å². The Kier molecular flexibility index (Phi) is 8.72. The van der Waals surface area contributed by atoms with Gasteiger partial charge < -0.3 is 10.6 Å². The molecule has 3 aromatic rings. The molecule has 2 heterocycles. The number of nitrogens with zero attached hydrogens (tertiary/aromatic N) is 4. The molecule has 0 aliphatic rings. The largest absolute Gasteiger partial charge is 0.370 e. The predicted molar refractivity (Wildman–Crippen MR) is 142 cm³/mol. The molecule has 6 nitrogen and oxygen atoms in total. The molecular weight excluding hydrogens is 511 g/mol.